The van der Waals surface area contributed by atoms with E-state index in [-0.39, 0.29) is 18.2 Å². The smallest absolute Gasteiger partial charge is 0.306 e. The maximum atomic E-state index is 15.3. The third kappa shape index (κ3) is 7.46. The molecular weight excluding hydrogens is 642 g/mol. The van der Waals surface area contributed by atoms with Crippen LogP contribution in [0.5, 0.6) is 0 Å². The minimum atomic E-state index is -4.20. The van der Waals surface area contributed by atoms with Crippen molar-refractivity contribution in [1.82, 2.24) is 4.90 Å². The molecule has 12 heteroatoms. The van der Waals surface area contributed by atoms with Crippen molar-refractivity contribution in [1.29, 1.82) is 0 Å². The quantitative estimate of drug-likeness (QED) is 0.242. The summed E-state index contributed by atoms with van der Waals surface area (Å²) in [6.45, 7) is 7.92. The van der Waals surface area contributed by atoms with Gasteiger partial charge in [0.15, 0.2) is 0 Å². The van der Waals surface area contributed by atoms with E-state index in [1.165, 1.54) is 43.9 Å². The first-order chi connectivity index (χ1) is 21.0. The second kappa shape index (κ2) is 13.7. The van der Waals surface area contributed by atoms with Crippen molar-refractivity contribution in [2.45, 2.75) is 70.1 Å². The Hall–Kier alpha value is -3.18. The van der Waals surface area contributed by atoms with E-state index in [1.807, 2.05) is 13.8 Å². The molecule has 0 aliphatic carbocycles. The fourth-order valence-electron chi connectivity index (χ4n) is 5.46. The van der Waals surface area contributed by atoms with Gasteiger partial charge in [0, 0.05) is 10.0 Å². The Kier molecular flexibility index (Phi) is 10.5. The van der Waals surface area contributed by atoms with E-state index >= 15 is 4.39 Å². The van der Waals surface area contributed by atoms with Crippen LogP contribution in [0.1, 0.15) is 64.3 Å². The van der Waals surface area contributed by atoms with Gasteiger partial charge in [-0.05, 0) is 74.2 Å². The number of rotatable bonds is 10. The highest BCUT2D eigenvalue weighted by molar-refractivity contribution is 7.94. The third-order valence-electron chi connectivity index (χ3n) is 7.84. The normalized spacial score (nSPS) is 19.9. The molecular formula is C33H37Cl2FN2O6S. The Morgan fingerprint density at radius 3 is 2.20 bits per heavy atom. The van der Waals surface area contributed by atoms with Crippen LogP contribution in [0, 0.1) is 11.7 Å². The van der Waals surface area contributed by atoms with Crippen LogP contribution in [0.2, 0.25) is 10.0 Å². The van der Waals surface area contributed by atoms with Gasteiger partial charge in [-0.25, -0.2) is 12.8 Å². The molecule has 8 nitrogen and oxygen atoms in total. The number of amides is 1. The number of ether oxygens (including phenoxy) is 1. The molecule has 1 amide bonds. The molecule has 1 N–H and O–H groups in total. The number of morpholine rings is 1. The molecule has 0 aromatic heterocycles. The number of hydrogen-bond acceptors (Lipinski definition) is 5. The van der Waals surface area contributed by atoms with Crippen molar-refractivity contribution in [2.24, 2.45) is 5.92 Å². The molecule has 242 valence electrons. The highest BCUT2D eigenvalue weighted by atomic mass is 35.5. The number of benzene rings is 3. The SMILES string of the molecule is CC(C)[C@@H](CN(c1ccccc1F)S(=O)(=O)C(C)(C)C)N1C(=O)[C@@H](CC(=O)O)OC(c2cccc(Cl)c2)C1c1ccc(Cl)cc1. The summed E-state index contributed by atoms with van der Waals surface area (Å²) >= 11 is 12.6. The first-order valence-electron chi connectivity index (χ1n) is 14.5. The van der Waals surface area contributed by atoms with E-state index in [0.29, 0.717) is 21.2 Å². The number of halogens is 3. The van der Waals surface area contributed by atoms with Gasteiger partial charge in [-0.1, -0.05) is 73.4 Å². The summed E-state index contributed by atoms with van der Waals surface area (Å²) in [5, 5.41) is 10.6. The van der Waals surface area contributed by atoms with Crippen molar-refractivity contribution in [3.8, 4) is 0 Å². The van der Waals surface area contributed by atoms with Gasteiger partial charge < -0.3 is 14.7 Å². The maximum Gasteiger partial charge on any atom is 0.306 e. The molecule has 1 aliphatic rings. The largest absolute Gasteiger partial charge is 0.481 e. The Morgan fingerprint density at radius 1 is 1.00 bits per heavy atom. The molecule has 2 unspecified atom stereocenters. The zero-order chi connectivity index (χ0) is 33.3. The van der Waals surface area contributed by atoms with E-state index in [0.717, 1.165) is 4.31 Å². The molecule has 0 spiro atoms. The monoisotopic (exact) mass is 678 g/mol. The number of nitrogens with zero attached hydrogens (tertiary/aromatic N) is 2. The van der Waals surface area contributed by atoms with Crippen LogP contribution in [0.3, 0.4) is 0 Å². The Morgan fingerprint density at radius 2 is 1.64 bits per heavy atom. The molecule has 45 heavy (non-hydrogen) atoms. The zero-order valence-electron chi connectivity index (χ0n) is 25.7. The third-order valence-corrected chi connectivity index (χ3v) is 10.8. The van der Waals surface area contributed by atoms with Crippen LogP contribution in [0.4, 0.5) is 10.1 Å². The van der Waals surface area contributed by atoms with Crippen molar-refractivity contribution in [3.05, 3.63) is 99.8 Å². The summed E-state index contributed by atoms with van der Waals surface area (Å²) < 4.78 is 49.5. The number of carbonyl (C=O) groups is 2. The maximum absolute atomic E-state index is 15.3. The minimum absolute atomic E-state index is 0.157. The first kappa shape index (κ1) is 34.7. The Bertz CT molecular complexity index is 1650. The molecule has 3 aromatic rings. The molecule has 0 saturated carbocycles. The van der Waals surface area contributed by atoms with Crippen LogP contribution in [-0.4, -0.2) is 53.7 Å². The highest BCUT2D eigenvalue weighted by Gasteiger charge is 2.49. The summed E-state index contributed by atoms with van der Waals surface area (Å²) in [5.41, 5.74) is 1.05. The van der Waals surface area contributed by atoms with Gasteiger partial charge in [0.05, 0.1) is 35.5 Å². The Balaban J connectivity index is 1.97. The Labute approximate surface area is 273 Å². The standard InChI is InChI=1S/C33H37Cl2FN2O6S/c1-20(2)27(19-37(45(42,43)33(3,4)5)26-12-7-6-11-25(26)36)38-30(21-13-15-23(34)16-14-21)31(22-9-8-10-24(35)17-22)44-28(32(38)41)18-29(39)40/h6-17,20,27-28,30-31H,18-19H2,1-5H3,(H,39,40)/t27-,28-,30?,31?/m1/s1. The van der Waals surface area contributed by atoms with Gasteiger partial charge in [-0.15, -0.1) is 0 Å². The number of anilines is 1. The summed E-state index contributed by atoms with van der Waals surface area (Å²) in [5.74, 6) is -2.99. The van der Waals surface area contributed by atoms with E-state index in [2.05, 4.69) is 0 Å². The highest BCUT2D eigenvalue weighted by Crippen LogP contribution is 2.45. The lowest BCUT2D eigenvalue weighted by Crippen LogP contribution is -2.60. The van der Waals surface area contributed by atoms with Gasteiger partial charge in [-0.3, -0.25) is 13.9 Å². The lowest BCUT2D eigenvalue weighted by atomic mass is 9.88. The average molecular weight is 680 g/mol. The summed E-state index contributed by atoms with van der Waals surface area (Å²) in [7, 11) is -4.20. The van der Waals surface area contributed by atoms with Crippen molar-refractivity contribution >= 4 is 50.8 Å². The van der Waals surface area contributed by atoms with Gasteiger partial charge >= 0.3 is 5.97 Å². The molecule has 1 aliphatic heterocycles. The average Bonchev–Trinajstić information content (AvgIpc) is 2.95. The molecule has 3 aromatic carbocycles. The van der Waals surface area contributed by atoms with Gasteiger partial charge in [0.1, 0.15) is 18.0 Å². The molecule has 1 saturated heterocycles. The van der Waals surface area contributed by atoms with Gasteiger partial charge in [-0.2, -0.15) is 0 Å². The lowest BCUT2D eigenvalue weighted by Gasteiger charge is -2.50. The molecule has 1 fully saturated rings. The van der Waals surface area contributed by atoms with Crippen LogP contribution in [0.25, 0.3) is 0 Å². The topological polar surface area (TPSA) is 104 Å². The molecule has 0 radical (unpaired) electrons. The minimum Gasteiger partial charge on any atom is -0.481 e. The van der Waals surface area contributed by atoms with E-state index in [1.54, 1.807) is 54.6 Å². The summed E-state index contributed by atoms with van der Waals surface area (Å²) in [6.07, 6.45) is -2.91. The van der Waals surface area contributed by atoms with E-state index in [9.17, 15) is 23.1 Å². The van der Waals surface area contributed by atoms with Crippen LogP contribution in [0.15, 0.2) is 72.8 Å². The number of hydrogen-bond donors (Lipinski definition) is 1. The van der Waals surface area contributed by atoms with Crippen LogP contribution < -0.4 is 4.31 Å². The molecule has 0 bridgehead atoms. The molecule has 4 rings (SSSR count). The van der Waals surface area contributed by atoms with E-state index < -0.39 is 63.2 Å². The number of aliphatic carboxylic acids is 1. The fraction of sp³-hybridized carbons (Fsp3) is 0.394. The fourth-order valence-corrected chi connectivity index (χ4v) is 7.20. The molecule has 1 heterocycles. The van der Waals surface area contributed by atoms with Crippen molar-refractivity contribution in [3.63, 3.8) is 0 Å². The zero-order valence-corrected chi connectivity index (χ0v) is 28.0. The van der Waals surface area contributed by atoms with Crippen molar-refractivity contribution in [2.75, 3.05) is 10.8 Å². The summed E-state index contributed by atoms with van der Waals surface area (Å²) in [6, 6.07) is 17.5. The number of carboxylic acid groups (broad SMARTS) is 1. The van der Waals surface area contributed by atoms with Crippen molar-refractivity contribution < 1.29 is 32.2 Å². The van der Waals surface area contributed by atoms with E-state index in [4.69, 9.17) is 27.9 Å². The number of sulfonamides is 1. The number of carbonyl (C=O) groups excluding carboxylic acids is 1. The van der Waals surface area contributed by atoms with Crippen LogP contribution in [-0.2, 0) is 24.3 Å². The first-order valence-corrected chi connectivity index (χ1v) is 16.7. The lowest BCUT2D eigenvalue weighted by molar-refractivity contribution is -0.184. The molecule has 4 atom stereocenters. The number of para-hydroxylation sites is 1. The van der Waals surface area contributed by atoms with Gasteiger partial charge in [0.25, 0.3) is 5.91 Å². The van der Waals surface area contributed by atoms with Crippen LogP contribution >= 0.6 is 23.2 Å². The second-order valence-electron chi connectivity index (χ2n) is 12.4. The predicted molar refractivity (Wildman–Crippen MR) is 173 cm³/mol. The second-order valence-corrected chi connectivity index (χ2v) is 15.8. The summed E-state index contributed by atoms with van der Waals surface area (Å²) in [4.78, 5) is 27.8. The predicted octanol–water partition coefficient (Wildman–Crippen LogP) is 7.28. The number of carboxylic acids is 1. The van der Waals surface area contributed by atoms with Gasteiger partial charge in [0.2, 0.25) is 10.0 Å².